The average Bonchev–Trinajstić information content (AvgIpc) is 3.61. The van der Waals surface area contributed by atoms with E-state index in [2.05, 4.69) is 29.8 Å². The summed E-state index contributed by atoms with van der Waals surface area (Å²) >= 11 is 0. The van der Waals surface area contributed by atoms with E-state index < -0.39 is 76.7 Å². The van der Waals surface area contributed by atoms with Crippen LogP contribution >= 0.6 is 0 Å². The van der Waals surface area contributed by atoms with E-state index in [0.717, 1.165) is 50.5 Å². The second-order valence-corrected chi connectivity index (χ2v) is 20.6. The lowest BCUT2D eigenvalue weighted by Crippen LogP contribution is -2.63. The Labute approximate surface area is 361 Å². The summed E-state index contributed by atoms with van der Waals surface area (Å²) < 4.78 is 6.06. The van der Waals surface area contributed by atoms with Gasteiger partial charge in [0.25, 0.3) is 5.91 Å². The number of nitrogens with one attached hydrogen (secondary N) is 3. The van der Waals surface area contributed by atoms with E-state index in [9.17, 15) is 28.8 Å². The van der Waals surface area contributed by atoms with E-state index in [4.69, 9.17) is 10.5 Å². The molecule has 1 unspecified atom stereocenters. The predicted molar refractivity (Wildman–Crippen MR) is 229 cm³/mol. The van der Waals surface area contributed by atoms with Gasteiger partial charge in [-0.2, -0.15) is 0 Å². The van der Waals surface area contributed by atoms with Gasteiger partial charge in [0.1, 0.15) is 18.2 Å². The van der Waals surface area contributed by atoms with Gasteiger partial charge in [0.2, 0.25) is 23.5 Å². The summed E-state index contributed by atoms with van der Waals surface area (Å²) in [7, 11) is 0. The third kappa shape index (κ3) is 11.2. The number of fused-ring (bicyclic) bond motifs is 1. The van der Waals surface area contributed by atoms with E-state index >= 15 is 4.79 Å². The van der Waals surface area contributed by atoms with Crippen LogP contribution in [0.25, 0.3) is 0 Å². The molecule has 3 aliphatic heterocycles. The first-order chi connectivity index (χ1) is 28.7. The summed E-state index contributed by atoms with van der Waals surface area (Å²) in [5, 5.41) is 8.94. The van der Waals surface area contributed by atoms with Crippen LogP contribution in [0.4, 0.5) is 9.59 Å². The number of likely N-dealkylation sites (tertiary alicyclic amines) is 2. The molecule has 2 saturated heterocycles. The Morgan fingerprint density at radius 3 is 2.21 bits per heavy atom. The number of nitrogens with zero attached hydrogens (tertiary/aromatic N) is 3. The number of rotatable bonds is 13. The highest BCUT2D eigenvalue weighted by atomic mass is 16.6. The Morgan fingerprint density at radius 1 is 0.902 bits per heavy atom. The first kappa shape index (κ1) is 45.8. The van der Waals surface area contributed by atoms with Crippen molar-refractivity contribution < 1.29 is 38.3 Å². The molecule has 6 rings (SSSR count). The number of ether oxygens (including phenoxy) is 1. The van der Waals surface area contributed by atoms with E-state index in [1.807, 2.05) is 56.9 Å². The molecule has 0 radical (unpaired) electrons. The highest BCUT2D eigenvalue weighted by Crippen LogP contribution is 2.41. The maximum Gasteiger partial charge on any atom is 0.410 e. The van der Waals surface area contributed by atoms with Gasteiger partial charge in [0.15, 0.2) is 0 Å². The molecule has 336 valence electrons. The maximum absolute atomic E-state index is 15.2. The number of urea groups is 1. The number of benzene rings is 1. The molecule has 5 atom stereocenters. The van der Waals surface area contributed by atoms with Crippen molar-refractivity contribution in [2.75, 3.05) is 26.2 Å². The van der Waals surface area contributed by atoms with Gasteiger partial charge in [-0.25, -0.2) is 9.59 Å². The van der Waals surface area contributed by atoms with E-state index in [-0.39, 0.29) is 36.6 Å². The van der Waals surface area contributed by atoms with Crippen LogP contribution in [-0.4, -0.2) is 113 Å². The number of hydrogen-bond donors (Lipinski definition) is 4. The van der Waals surface area contributed by atoms with Crippen molar-refractivity contribution >= 4 is 41.5 Å². The number of ketones is 1. The number of carbonyl (C=O) groups excluding carboxylic acids is 7. The molecule has 2 aliphatic carbocycles. The van der Waals surface area contributed by atoms with Gasteiger partial charge >= 0.3 is 12.1 Å². The van der Waals surface area contributed by atoms with Gasteiger partial charge in [0.05, 0.1) is 18.6 Å². The van der Waals surface area contributed by atoms with Crippen molar-refractivity contribution in [1.82, 2.24) is 30.7 Å². The Bertz CT molecular complexity index is 1830. The number of Topliss-reactive ketones (excluding diaryl/α,β-unsaturated/α-hetero) is 1. The van der Waals surface area contributed by atoms with Gasteiger partial charge in [0, 0.05) is 39.0 Å². The fourth-order valence-electron chi connectivity index (χ4n) is 9.78. The highest BCUT2D eigenvalue weighted by molar-refractivity contribution is 6.37. The Balaban J connectivity index is 1.24. The number of hydrogen-bond acceptors (Lipinski definition) is 8. The summed E-state index contributed by atoms with van der Waals surface area (Å²) in [6.07, 6.45) is 7.43. The summed E-state index contributed by atoms with van der Waals surface area (Å²) in [6.45, 7) is 13.8. The number of nitrogens with two attached hydrogens (primary N) is 1. The van der Waals surface area contributed by atoms with Crippen LogP contribution in [0.3, 0.4) is 0 Å². The largest absolute Gasteiger partial charge is 0.444 e. The minimum Gasteiger partial charge on any atom is -0.444 e. The Hall–Kier alpha value is -4.69. The highest BCUT2D eigenvalue weighted by Gasteiger charge is 2.50. The zero-order valence-electron chi connectivity index (χ0n) is 37.2. The van der Waals surface area contributed by atoms with Crippen molar-refractivity contribution in [3.8, 4) is 0 Å². The zero-order valence-corrected chi connectivity index (χ0v) is 37.2. The lowest BCUT2D eigenvalue weighted by Gasteiger charge is -2.43. The van der Waals surface area contributed by atoms with Crippen LogP contribution in [-0.2, 0) is 41.7 Å². The van der Waals surface area contributed by atoms with Gasteiger partial charge in [-0.3, -0.25) is 24.0 Å². The second kappa shape index (κ2) is 18.7. The van der Waals surface area contributed by atoms with E-state index in [1.165, 1.54) is 10.5 Å². The molecule has 5 aliphatic rings. The van der Waals surface area contributed by atoms with Crippen molar-refractivity contribution in [3.05, 3.63) is 35.4 Å². The average molecular weight is 848 g/mol. The minimum atomic E-state index is -1.17. The lowest BCUT2D eigenvalue weighted by atomic mass is 9.70. The molecule has 0 spiro atoms. The van der Waals surface area contributed by atoms with Crippen molar-refractivity contribution in [1.29, 1.82) is 0 Å². The number of piperidine rings is 1. The third-order valence-electron chi connectivity index (χ3n) is 14.2. The number of carbonyl (C=O) groups is 7. The van der Waals surface area contributed by atoms with Crippen LogP contribution < -0.4 is 21.7 Å². The molecule has 4 fully saturated rings. The normalized spacial score (nSPS) is 24.0. The minimum absolute atomic E-state index is 0.0432. The molecule has 1 aromatic rings. The van der Waals surface area contributed by atoms with Crippen LogP contribution in [0, 0.1) is 22.2 Å². The number of amides is 7. The smallest absolute Gasteiger partial charge is 0.410 e. The predicted octanol–water partition coefficient (Wildman–Crippen LogP) is 4.58. The van der Waals surface area contributed by atoms with Crippen molar-refractivity contribution in [2.45, 2.75) is 162 Å². The first-order valence-corrected chi connectivity index (χ1v) is 22.5. The molecular formula is C46H69N7O8. The second-order valence-electron chi connectivity index (χ2n) is 20.6. The van der Waals surface area contributed by atoms with Crippen LogP contribution in [0.1, 0.15) is 130 Å². The summed E-state index contributed by atoms with van der Waals surface area (Å²) in [5.74, 6) is -3.02. The quantitative estimate of drug-likeness (QED) is 0.207. The molecule has 15 heteroatoms. The van der Waals surface area contributed by atoms with E-state index in [0.29, 0.717) is 51.9 Å². The summed E-state index contributed by atoms with van der Waals surface area (Å²) in [5.41, 5.74) is 6.42. The lowest BCUT2D eigenvalue weighted by molar-refractivity contribution is -0.144. The van der Waals surface area contributed by atoms with Crippen LogP contribution in [0.15, 0.2) is 24.3 Å². The van der Waals surface area contributed by atoms with Crippen LogP contribution in [0.2, 0.25) is 0 Å². The van der Waals surface area contributed by atoms with Gasteiger partial charge in [-0.1, -0.05) is 104 Å². The fraction of sp³-hybridized carbons (Fsp3) is 0.717. The third-order valence-corrected chi connectivity index (χ3v) is 14.2. The van der Waals surface area contributed by atoms with Gasteiger partial charge in [-0.05, 0) is 65.4 Å². The summed E-state index contributed by atoms with van der Waals surface area (Å²) in [4.78, 5) is 101. The monoisotopic (exact) mass is 848 g/mol. The Morgan fingerprint density at radius 2 is 1.59 bits per heavy atom. The van der Waals surface area contributed by atoms with Gasteiger partial charge in [-0.15, -0.1) is 0 Å². The molecular weight excluding hydrogens is 779 g/mol. The zero-order chi connectivity index (χ0) is 44.3. The summed E-state index contributed by atoms with van der Waals surface area (Å²) in [6, 6.07) is 3.51. The fourth-order valence-corrected chi connectivity index (χ4v) is 9.78. The molecule has 3 heterocycles. The molecule has 1 aromatic carbocycles. The molecule has 15 nitrogen and oxygen atoms in total. The standard InChI is InChI=1S/C46H69N7O8/c1-44(2,3)35(28-51-22-20-45(4,5)25-36(51)54)49-42(59)50-38(46(6)18-10-7-11-19-46)41(58)53-27-32(61-43(60)52-21-17-30-15-8-9-16-31(30)26-52)24-34(53)40(57)48-33(37(55)39(47)56)23-29-13-12-14-29/h8-9,15-16,29,32-35,38H,7,10-14,17-28H2,1-6H3,(H2,47,56)(H,48,57)(H2,49,50,59)/t32-,33?,34+,35-,38-/m1/s1. The molecule has 5 N–H and O–H groups in total. The topological polar surface area (TPSA) is 201 Å². The molecule has 0 bridgehead atoms. The molecule has 61 heavy (non-hydrogen) atoms. The molecule has 0 aromatic heterocycles. The van der Waals surface area contributed by atoms with Gasteiger partial charge < -0.3 is 41.1 Å². The first-order valence-electron chi connectivity index (χ1n) is 22.5. The SMILES string of the molecule is CC1(C)CCN(C[C@@H](NC(=O)N[C@H](C(=O)N2C[C@H](OC(=O)N3CCc4ccccc4C3)C[C@H]2C(=O)NC(CC2CCC2)C(=O)C(N)=O)C2(C)CCCCC2)C(C)(C)C)C(=O)C1. The maximum atomic E-state index is 15.2. The molecule has 7 amide bonds. The van der Waals surface area contributed by atoms with Crippen molar-refractivity contribution in [2.24, 2.45) is 27.9 Å². The van der Waals surface area contributed by atoms with E-state index in [1.54, 1.807) is 4.90 Å². The molecule has 2 saturated carbocycles. The number of primary amides is 1. The van der Waals surface area contributed by atoms with Crippen molar-refractivity contribution in [3.63, 3.8) is 0 Å². The van der Waals surface area contributed by atoms with Crippen LogP contribution in [0.5, 0.6) is 0 Å². The Kier molecular flexibility index (Phi) is 14.1.